The zero-order valence-electron chi connectivity index (χ0n) is 21.9. The fraction of sp³-hybridized carbons (Fsp3) is 0.429. The number of anilines is 2. The molecule has 0 unspecified atom stereocenters. The topological polar surface area (TPSA) is 137 Å². The van der Waals surface area contributed by atoms with E-state index in [0.29, 0.717) is 23.2 Å². The van der Waals surface area contributed by atoms with E-state index in [1.165, 1.54) is 44.7 Å². The number of nitrogens with two attached hydrogens (primary N) is 3. The van der Waals surface area contributed by atoms with E-state index in [2.05, 4.69) is 15.0 Å². The molecule has 1 amide bonds. The van der Waals surface area contributed by atoms with E-state index in [1.54, 1.807) is 30.5 Å². The minimum Gasteiger partial charge on any atom is -0.384 e. The number of primary amides is 1. The van der Waals surface area contributed by atoms with E-state index in [9.17, 15) is 18.0 Å². The molecule has 11 heteroatoms. The summed E-state index contributed by atoms with van der Waals surface area (Å²) in [5, 5.41) is 0. The predicted molar refractivity (Wildman–Crippen MR) is 147 cm³/mol. The Labute approximate surface area is 226 Å². The first kappa shape index (κ1) is 29.8. The number of halogens is 3. The predicted octanol–water partition coefficient (Wildman–Crippen LogP) is 5.19. The zero-order chi connectivity index (χ0) is 28.3. The first-order valence-electron chi connectivity index (χ1n) is 13.1. The molecule has 0 bridgehead atoms. The minimum atomic E-state index is -4.41. The maximum atomic E-state index is 12.2. The van der Waals surface area contributed by atoms with Crippen LogP contribution in [0.3, 0.4) is 0 Å². The van der Waals surface area contributed by atoms with Crippen LogP contribution >= 0.6 is 0 Å². The molecule has 5 rings (SSSR count). The second-order valence-corrected chi connectivity index (χ2v) is 9.62. The number of aromatic nitrogens is 3. The first-order chi connectivity index (χ1) is 18.6. The van der Waals surface area contributed by atoms with Gasteiger partial charge in [-0.15, -0.1) is 0 Å². The fourth-order valence-electron chi connectivity index (χ4n) is 4.37. The van der Waals surface area contributed by atoms with Crippen LogP contribution in [0.15, 0.2) is 55.0 Å². The average molecular weight is 544 g/mol. The van der Waals surface area contributed by atoms with Gasteiger partial charge in [0.25, 0.3) is 0 Å². The van der Waals surface area contributed by atoms with Gasteiger partial charge in [0.1, 0.15) is 11.6 Å². The third-order valence-electron chi connectivity index (χ3n) is 6.52. The average Bonchev–Trinajstić information content (AvgIpc) is 2.94. The normalized spacial score (nSPS) is 15.8. The van der Waals surface area contributed by atoms with E-state index >= 15 is 0 Å². The van der Waals surface area contributed by atoms with Crippen molar-refractivity contribution in [1.29, 1.82) is 0 Å². The Kier molecular flexibility index (Phi) is 11.0. The number of nitrogen functional groups attached to an aromatic ring is 1. The van der Waals surface area contributed by atoms with Gasteiger partial charge in [-0.3, -0.25) is 4.79 Å². The summed E-state index contributed by atoms with van der Waals surface area (Å²) in [6.45, 7) is 1.69. The molecule has 1 aliphatic carbocycles. The number of rotatable bonds is 3. The van der Waals surface area contributed by atoms with E-state index in [1.807, 2.05) is 17.0 Å². The maximum Gasteiger partial charge on any atom is 0.434 e. The molecule has 2 aromatic heterocycles. The van der Waals surface area contributed by atoms with Crippen LogP contribution in [-0.2, 0) is 6.18 Å². The van der Waals surface area contributed by atoms with Crippen LogP contribution in [0.1, 0.15) is 67.4 Å². The molecule has 1 aromatic carbocycles. The molecule has 2 fully saturated rings. The molecule has 0 radical (unpaired) electrons. The van der Waals surface area contributed by atoms with Crippen molar-refractivity contribution < 1.29 is 18.0 Å². The molecule has 39 heavy (non-hydrogen) atoms. The molecule has 210 valence electrons. The Bertz CT molecular complexity index is 1180. The largest absolute Gasteiger partial charge is 0.434 e. The number of carbonyl (C=O) groups excluding carboxylic acids is 1. The van der Waals surface area contributed by atoms with Gasteiger partial charge in [-0.2, -0.15) is 13.2 Å². The maximum absolute atomic E-state index is 12.2. The van der Waals surface area contributed by atoms with E-state index in [0.717, 1.165) is 43.3 Å². The Morgan fingerprint density at radius 3 is 2.08 bits per heavy atom. The van der Waals surface area contributed by atoms with Crippen LogP contribution in [0.25, 0.3) is 11.1 Å². The highest BCUT2D eigenvalue weighted by Crippen LogP contribution is 2.27. The Balaban J connectivity index is 0.000000174. The molecule has 8 nitrogen and oxygen atoms in total. The summed E-state index contributed by atoms with van der Waals surface area (Å²) >= 11 is 0. The number of nitrogens with zero attached hydrogens (tertiary/aromatic N) is 4. The molecule has 3 aromatic rings. The van der Waals surface area contributed by atoms with E-state index < -0.39 is 17.8 Å². The van der Waals surface area contributed by atoms with Gasteiger partial charge in [0.05, 0.1) is 12.4 Å². The molecule has 1 saturated carbocycles. The van der Waals surface area contributed by atoms with Gasteiger partial charge in [-0.25, -0.2) is 15.0 Å². The smallest absolute Gasteiger partial charge is 0.384 e. The molecule has 0 spiro atoms. The van der Waals surface area contributed by atoms with Crippen LogP contribution in [0, 0.1) is 0 Å². The van der Waals surface area contributed by atoms with Crippen LogP contribution in [0.2, 0.25) is 0 Å². The number of hydrogen-bond acceptors (Lipinski definition) is 7. The van der Waals surface area contributed by atoms with E-state index in [-0.39, 0.29) is 0 Å². The Hall–Kier alpha value is -3.73. The second-order valence-electron chi connectivity index (χ2n) is 9.62. The van der Waals surface area contributed by atoms with Gasteiger partial charge in [-0.1, -0.05) is 31.4 Å². The van der Waals surface area contributed by atoms with Gasteiger partial charge >= 0.3 is 6.18 Å². The highest BCUT2D eigenvalue weighted by atomic mass is 19.4. The number of alkyl halides is 3. The number of benzene rings is 1. The van der Waals surface area contributed by atoms with Crippen molar-refractivity contribution in [2.45, 2.75) is 63.6 Å². The van der Waals surface area contributed by atoms with Crippen molar-refractivity contribution >= 4 is 17.5 Å². The minimum absolute atomic E-state index is 0.441. The molecule has 0 atom stereocenters. The summed E-state index contributed by atoms with van der Waals surface area (Å²) in [6.07, 6.45) is 9.17. The lowest BCUT2D eigenvalue weighted by atomic mass is 9.97. The number of pyridine rings is 1. The number of amides is 1. The summed E-state index contributed by atoms with van der Waals surface area (Å²) < 4.78 is 36.7. The summed E-state index contributed by atoms with van der Waals surface area (Å²) in [4.78, 5) is 24.1. The van der Waals surface area contributed by atoms with Gasteiger partial charge in [0.15, 0.2) is 5.69 Å². The van der Waals surface area contributed by atoms with Gasteiger partial charge in [0, 0.05) is 30.9 Å². The molecule has 1 aliphatic heterocycles. The van der Waals surface area contributed by atoms with Gasteiger partial charge < -0.3 is 22.1 Å². The van der Waals surface area contributed by atoms with E-state index in [4.69, 9.17) is 17.2 Å². The Morgan fingerprint density at radius 1 is 0.872 bits per heavy atom. The zero-order valence-corrected chi connectivity index (χ0v) is 21.9. The lowest BCUT2D eigenvalue weighted by molar-refractivity contribution is -0.141. The Morgan fingerprint density at radius 2 is 1.54 bits per heavy atom. The number of piperidine rings is 1. The summed E-state index contributed by atoms with van der Waals surface area (Å²) in [6, 6.07) is 11.2. The van der Waals surface area contributed by atoms with Crippen molar-refractivity contribution in [3.05, 3.63) is 66.2 Å². The molecule has 1 saturated heterocycles. The monoisotopic (exact) mass is 543 g/mol. The molecule has 2 aliphatic rings. The van der Waals surface area contributed by atoms with Crippen LogP contribution in [-0.4, -0.2) is 40.0 Å². The lowest BCUT2D eigenvalue weighted by Gasteiger charge is -2.27. The number of hydrogen-bond donors (Lipinski definition) is 3. The highest BCUT2D eigenvalue weighted by Gasteiger charge is 2.33. The van der Waals surface area contributed by atoms with Crippen molar-refractivity contribution in [3.63, 3.8) is 0 Å². The molecular formula is C28H36F3N7O. The highest BCUT2D eigenvalue weighted by molar-refractivity contribution is 5.94. The van der Waals surface area contributed by atoms with Crippen LogP contribution in [0.4, 0.5) is 24.8 Å². The number of carbonyl (C=O) groups is 1. The molecular weight excluding hydrogens is 507 g/mol. The van der Waals surface area contributed by atoms with Gasteiger partial charge in [-0.05, 0) is 67.5 Å². The van der Waals surface area contributed by atoms with Crippen LogP contribution < -0.4 is 22.1 Å². The first-order valence-corrected chi connectivity index (χ1v) is 13.1. The van der Waals surface area contributed by atoms with Crippen molar-refractivity contribution in [1.82, 2.24) is 15.0 Å². The van der Waals surface area contributed by atoms with Crippen molar-refractivity contribution in [3.8, 4) is 11.1 Å². The quantitative estimate of drug-likeness (QED) is 0.413. The van der Waals surface area contributed by atoms with Crippen molar-refractivity contribution in [2.75, 3.05) is 23.7 Å². The van der Waals surface area contributed by atoms with Crippen molar-refractivity contribution in [2.24, 2.45) is 11.5 Å². The summed E-state index contributed by atoms with van der Waals surface area (Å²) in [7, 11) is 0. The lowest BCUT2D eigenvalue weighted by Crippen LogP contribution is -2.30. The third kappa shape index (κ3) is 9.82. The summed E-state index contributed by atoms with van der Waals surface area (Å²) in [5.41, 5.74) is 17.8. The standard InChI is InChI=1S/C12H11N3O.C10H12F3N3.C6H13N/c13-11-7-9(4-5-15-11)8-2-1-3-10(6-8)12(14)16;11-10(12,13)8-6-15-9(7-14-8)16-4-2-1-3-5-16;7-6-4-2-1-3-5-6/h1-7H,(H2,13,15)(H2,14,16);6-7H,1-5H2;6H,1-5,7H2. The third-order valence-corrected chi connectivity index (χ3v) is 6.52. The second kappa shape index (κ2) is 14.4. The SMILES string of the molecule is FC(F)(F)c1cnc(N2CCCCC2)cn1.NC(=O)c1cccc(-c2ccnc(N)c2)c1.NC1CCCCC1. The molecule has 3 heterocycles. The van der Waals surface area contributed by atoms with Crippen LogP contribution in [0.5, 0.6) is 0 Å². The van der Waals surface area contributed by atoms with Gasteiger partial charge in [0.2, 0.25) is 5.91 Å². The fourth-order valence-corrected chi connectivity index (χ4v) is 4.37. The molecule has 6 N–H and O–H groups in total. The summed E-state index contributed by atoms with van der Waals surface area (Å²) in [5.74, 6) is 0.540.